The van der Waals surface area contributed by atoms with Crippen molar-refractivity contribution in [1.29, 1.82) is 0 Å². The Labute approximate surface area is 158 Å². The van der Waals surface area contributed by atoms with Gasteiger partial charge in [0.15, 0.2) is 5.11 Å². The van der Waals surface area contributed by atoms with Gasteiger partial charge in [0.25, 0.3) is 0 Å². The largest absolute Gasteiger partial charge is 0.331 e. The number of carbonyl (C=O) groups excluding carboxylic acids is 1. The van der Waals surface area contributed by atoms with Crippen molar-refractivity contribution in [2.75, 3.05) is 5.32 Å². The van der Waals surface area contributed by atoms with Crippen molar-refractivity contribution in [3.05, 3.63) is 68.9 Å². The molecule has 0 spiro atoms. The van der Waals surface area contributed by atoms with Gasteiger partial charge in [-0.2, -0.15) is 0 Å². The summed E-state index contributed by atoms with van der Waals surface area (Å²) in [7, 11) is 0. The molecule has 1 amide bonds. The lowest BCUT2D eigenvalue weighted by molar-refractivity contribution is -0.115. The third-order valence-electron chi connectivity index (χ3n) is 2.79. The van der Waals surface area contributed by atoms with Crippen LogP contribution < -0.4 is 10.6 Å². The minimum atomic E-state index is -0.451. The highest BCUT2D eigenvalue weighted by Crippen LogP contribution is 2.32. The SMILES string of the molecule is O=C(/C=C/c1ccc(F)cc1)NC(=S)Nc1cc(Cl)c(Cl)cc1Cl. The fourth-order valence-corrected chi connectivity index (χ4v) is 2.48. The summed E-state index contributed by atoms with van der Waals surface area (Å²) in [6.07, 6.45) is 2.81. The van der Waals surface area contributed by atoms with Crippen molar-refractivity contribution < 1.29 is 9.18 Å². The van der Waals surface area contributed by atoms with Crippen molar-refractivity contribution in [2.24, 2.45) is 0 Å². The summed E-state index contributed by atoms with van der Waals surface area (Å²) >= 11 is 22.8. The van der Waals surface area contributed by atoms with Gasteiger partial charge in [-0.3, -0.25) is 10.1 Å². The van der Waals surface area contributed by atoms with Gasteiger partial charge in [-0.1, -0.05) is 46.9 Å². The van der Waals surface area contributed by atoms with E-state index in [2.05, 4.69) is 10.6 Å². The molecule has 0 heterocycles. The first-order chi connectivity index (χ1) is 11.3. The van der Waals surface area contributed by atoms with Crippen LogP contribution in [0.25, 0.3) is 6.08 Å². The highest BCUT2D eigenvalue weighted by molar-refractivity contribution is 7.80. The molecule has 24 heavy (non-hydrogen) atoms. The lowest BCUT2D eigenvalue weighted by atomic mass is 10.2. The van der Waals surface area contributed by atoms with Crippen molar-refractivity contribution in [1.82, 2.24) is 5.32 Å². The molecule has 2 aromatic rings. The average molecular weight is 404 g/mol. The molecule has 0 saturated carbocycles. The Balaban J connectivity index is 1.95. The summed E-state index contributed by atoms with van der Waals surface area (Å²) in [6, 6.07) is 8.66. The van der Waals surface area contributed by atoms with Gasteiger partial charge in [0, 0.05) is 6.08 Å². The second-order valence-corrected chi connectivity index (χ2v) is 6.20. The molecule has 0 aromatic heterocycles. The van der Waals surface area contributed by atoms with Crippen LogP contribution in [0.1, 0.15) is 5.56 Å². The van der Waals surface area contributed by atoms with Crippen molar-refractivity contribution >= 4 is 69.8 Å². The Bertz CT molecular complexity index is 810. The van der Waals surface area contributed by atoms with E-state index in [0.717, 1.165) is 0 Å². The number of carbonyl (C=O) groups is 1. The molecule has 0 bridgehead atoms. The molecule has 0 unspecified atom stereocenters. The molecular weight excluding hydrogens is 394 g/mol. The third kappa shape index (κ3) is 5.46. The van der Waals surface area contributed by atoms with Gasteiger partial charge in [0.2, 0.25) is 5.91 Å². The Kier molecular flexibility index (Phi) is 6.57. The van der Waals surface area contributed by atoms with Crippen LogP contribution in [0.2, 0.25) is 15.1 Å². The number of halogens is 4. The van der Waals surface area contributed by atoms with Gasteiger partial charge in [-0.25, -0.2) is 4.39 Å². The van der Waals surface area contributed by atoms with E-state index in [1.54, 1.807) is 12.1 Å². The van der Waals surface area contributed by atoms with E-state index in [1.807, 2.05) is 0 Å². The standard InChI is InChI=1S/C16H10Cl3FN2OS/c17-11-7-13(19)14(8-12(11)18)21-16(24)22-15(23)6-3-9-1-4-10(20)5-2-9/h1-8H,(H2,21,22,23,24)/b6-3+. The number of hydrogen-bond donors (Lipinski definition) is 2. The number of benzene rings is 2. The van der Waals surface area contributed by atoms with Crippen LogP contribution in [0.3, 0.4) is 0 Å². The number of thiocarbonyl (C=S) groups is 1. The number of amides is 1. The van der Waals surface area contributed by atoms with Crippen LogP contribution in [0.15, 0.2) is 42.5 Å². The molecule has 0 radical (unpaired) electrons. The van der Waals surface area contributed by atoms with Gasteiger partial charge in [-0.15, -0.1) is 0 Å². The minimum absolute atomic E-state index is 0.0454. The highest BCUT2D eigenvalue weighted by Gasteiger charge is 2.08. The van der Waals surface area contributed by atoms with Gasteiger partial charge < -0.3 is 5.32 Å². The molecule has 0 aliphatic carbocycles. The zero-order valence-corrected chi connectivity index (χ0v) is 15.0. The Morgan fingerprint density at radius 3 is 2.33 bits per heavy atom. The predicted octanol–water partition coefficient (Wildman–Crippen LogP) is 5.31. The van der Waals surface area contributed by atoms with Crippen LogP contribution >= 0.6 is 47.0 Å². The highest BCUT2D eigenvalue weighted by atomic mass is 35.5. The molecule has 2 aromatic carbocycles. The second-order valence-electron chi connectivity index (χ2n) is 4.57. The molecule has 8 heteroatoms. The first kappa shape index (κ1) is 18.7. The van der Waals surface area contributed by atoms with E-state index >= 15 is 0 Å². The maximum Gasteiger partial charge on any atom is 0.250 e. The molecule has 0 aliphatic heterocycles. The van der Waals surface area contributed by atoms with Gasteiger partial charge >= 0.3 is 0 Å². The minimum Gasteiger partial charge on any atom is -0.331 e. The van der Waals surface area contributed by atoms with E-state index in [-0.39, 0.29) is 10.9 Å². The normalized spacial score (nSPS) is 10.7. The van der Waals surface area contributed by atoms with Crippen molar-refractivity contribution in [2.45, 2.75) is 0 Å². The molecule has 0 saturated heterocycles. The molecule has 0 atom stereocenters. The lowest BCUT2D eigenvalue weighted by Gasteiger charge is -2.10. The quantitative estimate of drug-likeness (QED) is 0.414. The first-order valence-corrected chi connectivity index (χ1v) is 8.09. The Hall–Kier alpha value is -1.66. The number of hydrogen-bond acceptors (Lipinski definition) is 2. The van der Waals surface area contributed by atoms with E-state index < -0.39 is 5.91 Å². The lowest BCUT2D eigenvalue weighted by Crippen LogP contribution is -2.32. The predicted molar refractivity (Wildman–Crippen MR) is 101 cm³/mol. The number of anilines is 1. The van der Waals surface area contributed by atoms with Gasteiger partial charge in [0.05, 0.1) is 20.8 Å². The van der Waals surface area contributed by atoms with E-state index in [1.165, 1.54) is 36.4 Å². The third-order valence-corrected chi connectivity index (χ3v) is 4.03. The zero-order chi connectivity index (χ0) is 17.7. The van der Waals surface area contributed by atoms with Crippen LogP contribution in [0.5, 0.6) is 0 Å². The smallest absolute Gasteiger partial charge is 0.250 e. The topological polar surface area (TPSA) is 41.1 Å². The Morgan fingerprint density at radius 2 is 1.67 bits per heavy atom. The molecule has 2 N–H and O–H groups in total. The molecule has 3 nitrogen and oxygen atoms in total. The maximum atomic E-state index is 12.8. The summed E-state index contributed by atoms with van der Waals surface area (Å²) in [6.45, 7) is 0. The monoisotopic (exact) mass is 402 g/mol. The fraction of sp³-hybridized carbons (Fsp3) is 0. The van der Waals surface area contributed by atoms with Gasteiger partial charge in [-0.05, 0) is 48.1 Å². The Morgan fingerprint density at radius 1 is 1.04 bits per heavy atom. The fourth-order valence-electron chi connectivity index (χ4n) is 1.67. The van der Waals surface area contributed by atoms with Crippen LogP contribution in [0.4, 0.5) is 10.1 Å². The molecule has 0 aliphatic rings. The van der Waals surface area contributed by atoms with E-state index in [4.69, 9.17) is 47.0 Å². The van der Waals surface area contributed by atoms with Crippen molar-refractivity contribution in [3.8, 4) is 0 Å². The zero-order valence-electron chi connectivity index (χ0n) is 11.9. The maximum absolute atomic E-state index is 12.8. The van der Waals surface area contributed by atoms with Gasteiger partial charge in [0.1, 0.15) is 5.82 Å². The van der Waals surface area contributed by atoms with Crippen LogP contribution in [-0.4, -0.2) is 11.0 Å². The molecule has 0 fully saturated rings. The van der Waals surface area contributed by atoms with E-state index in [9.17, 15) is 9.18 Å². The van der Waals surface area contributed by atoms with Crippen LogP contribution in [0, 0.1) is 5.82 Å². The summed E-state index contributed by atoms with van der Waals surface area (Å²) in [5, 5.41) is 6.18. The van der Waals surface area contributed by atoms with Crippen LogP contribution in [-0.2, 0) is 4.79 Å². The number of rotatable bonds is 3. The molecule has 2 rings (SSSR count). The number of nitrogens with one attached hydrogen (secondary N) is 2. The van der Waals surface area contributed by atoms with E-state index in [0.29, 0.717) is 26.3 Å². The average Bonchev–Trinajstić information content (AvgIpc) is 2.52. The summed E-state index contributed by atoms with van der Waals surface area (Å²) in [4.78, 5) is 11.8. The molecule has 124 valence electrons. The summed E-state index contributed by atoms with van der Waals surface area (Å²) in [5.41, 5.74) is 1.09. The second kappa shape index (κ2) is 8.44. The summed E-state index contributed by atoms with van der Waals surface area (Å²) in [5.74, 6) is -0.798. The summed E-state index contributed by atoms with van der Waals surface area (Å²) < 4.78 is 12.8. The van der Waals surface area contributed by atoms with Crippen molar-refractivity contribution in [3.63, 3.8) is 0 Å². The molecular formula is C16H10Cl3FN2OS. The first-order valence-electron chi connectivity index (χ1n) is 6.55.